The highest BCUT2D eigenvalue weighted by molar-refractivity contribution is 8.14. The van der Waals surface area contributed by atoms with Gasteiger partial charge in [-0.1, -0.05) is 30.0 Å². The first-order valence-electron chi connectivity index (χ1n) is 4.92. The molecule has 80 valence electrons. The van der Waals surface area contributed by atoms with Crippen LogP contribution in [0.2, 0.25) is 0 Å². The molecule has 1 heterocycles. The minimum Gasteiger partial charge on any atom is -0.361 e. The van der Waals surface area contributed by atoms with Gasteiger partial charge in [-0.05, 0) is 12.5 Å². The summed E-state index contributed by atoms with van der Waals surface area (Å²) in [4.78, 5) is 4.25. The van der Waals surface area contributed by atoms with Crippen LogP contribution in [0.1, 0.15) is 11.1 Å². The summed E-state index contributed by atoms with van der Waals surface area (Å²) in [6.07, 6.45) is 0. The fraction of sp³-hybridized carbons (Fsp3) is 0.364. The molecule has 15 heavy (non-hydrogen) atoms. The van der Waals surface area contributed by atoms with Crippen LogP contribution in [0.25, 0.3) is 0 Å². The van der Waals surface area contributed by atoms with Crippen molar-refractivity contribution in [2.75, 3.05) is 12.3 Å². The Bertz CT molecular complexity index is 390. The van der Waals surface area contributed by atoms with Crippen molar-refractivity contribution in [3.63, 3.8) is 0 Å². The van der Waals surface area contributed by atoms with E-state index in [4.69, 9.17) is 0 Å². The maximum Gasteiger partial charge on any atom is 0.156 e. The molecule has 0 spiro atoms. The number of nitrogens with zero attached hydrogens (tertiary/aromatic N) is 1. The highest BCUT2D eigenvalue weighted by Gasteiger charge is 2.08. The monoisotopic (exact) mass is 224 g/mol. The fourth-order valence-electron chi connectivity index (χ4n) is 1.46. The number of amidine groups is 1. The number of halogens is 1. The molecule has 0 bridgehead atoms. The predicted octanol–water partition coefficient (Wildman–Crippen LogP) is 2.33. The molecule has 0 atom stereocenters. The molecule has 2 rings (SSSR count). The summed E-state index contributed by atoms with van der Waals surface area (Å²) in [7, 11) is 0. The quantitative estimate of drug-likeness (QED) is 0.833. The molecule has 1 aliphatic heterocycles. The van der Waals surface area contributed by atoms with Crippen LogP contribution in [0, 0.1) is 12.7 Å². The van der Waals surface area contributed by atoms with Crippen molar-refractivity contribution in [2.24, 2.45) is 4.99 Å². The maximum absolute atomic E-state index is 13.6. The van der Waals surface area contributed by atoms with E-state index in [1.807, 2.05) is 6.07 Å². The van der Waals surface area contributed by atoms with E-state index in [1.54, 1.807) is 30.8 Å². The highest BCUT2D eigenvalue weighted by Crippen LogP contribution is 2.13. The molecular formula is C11H13FN2S. The van der Waals surface area contributed by atoms with Crippen molar-refractivity contribution >= 4 is 16.9 Å². The molecule has 1 N–H and O–H groups in total. The summed E-state index contributed by atoms with van der Waals surface area (Å²) in [6.45, 7) is 3.16. The lowest BCUT2D eigenvalue weighted by Crippen LogP contribution is -2.19. The summed E-state index contributed by atoms with van der Waals surface area (Å²) in [5, 5.41) is 4.07. The number of rotatable bonds is 2. The van der Waals surface area contributed by atoms with Gasteiger partial charge in [-0.25, -0.2) is 4.39 Å². The number of hydrogen-bond acceptors (Lipinski definition) is 3. The van der Waals surface area contributed by atoms with Crippen LogP contribution < -0.4 is 5.32 Å². The largest absolute Gasteiger partial charge is 0.361 e. The molecule has 0 fully saturated rings. The van der Waals surface area contributed by atoms with Gasteiger partial charge in [0.25, 0.3) is 0 Å². The van der Waals surface area contributed by atoms with Crippen LogP contribution >= 0.6 is 11.8 Å². The number of benzene rings is 1. The Morgan fingerprint density at radius 3 is 3.13 bits per heavy atom. The molecule has 0 amide bonds. The van der Waals surface area contributed by atoms with Crippen molar-refractivity contribution in [3.8, 4) is 0 Å². The average Bonchev–Trinajstić information content (AvgIpc) is 2.73. The van der Waals surface area contributed by atoms with E-state index in [0.29, 0.717) is 17.7 Å². The second-order valence-corrected chi connectivity index (χ2v) is 4.52. The van der Waals surface area contributed by atoms with Gasteiger partial charge in [-0.15, -0.1) is 0 Å². The van der Waals surface area contributed by atoms with Crippen LogP contribution in [0.4, 0.5) is 4.39 Å². The summed E-state index contributed by atoms with van der Waals surface area (Å²) in [5.74, 6) is 0.909. The number of aliphatic imine (C=N–C) groups is 1. The SMILES string of the molecule is Cc1cccc(CNC2=NCCS2)c1F. The zero-order chi connectivity index (χ0) is 10.7. The van der Waals surface area contributed by atoms with E-state index in [-0.39, 0.29) is 5.82 Å². The van der Waals surface area contributed by atoms with Gasteiger partial charge in [0.2, 0.25) is 0 Å². The molecule has 1 aromatic carbocycles. The number of hydrogen-bond donors (Lipinski definition) is 1. The summed E-state index contributed by atoms with van der Waals surface area (Å²) >= 11 is 1.69. The third kappa shape index (κ3) is 2.50. The topological polar surface area (TPSA) is 24.4 Å². The van der Waals surface area contributed by atoms with Crippen molar-refractivity contribution in [1.29, 1.82) is 0 Å². The maximum atomic E-state index is 13.6. The first kappa shape index (κ1) is 10.5. The Hall–Kier alpha value is -1.03. The van der Waals surface area contributed by atoms with E-state index in [9.17, 15) is 4.39 Å². The van der Waals surface area contributed by atoms with Gasteiger partial charge in [0.15, 0.2) is 5.17 Å². The molecule has 0 saturated heterocycles. The lowest BCUT2D eigenvalue weighted by molar-refractivity contribution is 0.597. The second kappa shape index (κ2) is 4.66. The molecule has 1 aromatic rings. The number of nitrogens with one attached hydrogen (secondary N) is 1. The minimum absolute atomic E-state index is 0.117. The van der Waals surface area contributed by atoms with Gasteiger partial charge >= 0.3 is 0 Å². The number of aryl methyl sites for hydroxylation is 1. The predicted molar refractivity (Wildman–Crippen MR) is 62.7 cm³/mol. The zero-order valence-electron chi connectivity index (χ0n) is 8.59. The van der Waals surface area contributed by atoms with Gasteiger partial charge < -0.3 is 5.32 Å². The van der Waals surface area contributed by atoms with Crippen molar-refractivity contribution in [2.45, 2.75) is 13.5 Å². The Morgan fingerprint density at radius 1 is 1.53 bits per heavy atom. The molecule has 0 radical (unpaired) electrons. The lowest BCUT2D eigenvalue weighted by Gasteiger charge is -2.07. The number of thioether (sulfide) groups is 1. The smallest absolute Gasteiger partial charge is 0.156 e. The van der Waals surface area contributed by atoms with E-state index >= 15 is 0 Å². The van der Waals surface area contributed by atoms with Crippen molar-refractivity contribution in [1.82, 2.24) is 5.32 Å². The third-order valence-electron chi connectivity index (χ3n) is 2.29. The van der Waals surface area contributed by atoms with Gasteiger partial charge in [-0.3, -0.25) is 4.99 Å². The normalized spacial score (nSPS) is 15.2. The summed E-state index contributed by atoms with van der Waals surface area (Å²) < 4.78 is 13.6. The average molecular weight is 224 g/mol. The Labute approximate surface area is 93.0 Å². The van der Waals surface area contributed by atoms with Crippen LogP contribution in [0.15, 0.2) is 23.2 Å². The first-order chi connectivity index (χ1) is 7.27. The molecule has 1 aliphatic rings. The molecular weight excluding hydrogens is 211 g/mol. The van der Waals surface area contributed by atoms with Crippen LogP contribution in [0.5, 0.6) is 0 Å². The van der Waals surface area contributed by atoms with Gasteiger partial charge in [0, 0.05) is 17.9 Å². The summed E-state index contributed by atoms with van der Waals surface area (Å²) in [5.41, 5.74) is 1.39. The van der Waals surface area contributed by atoms with Crippen LogP contribution in [-0.2, 0) is 6.54 Å². The zero-order valence-corrected chi connectivity index (χ0v) is 9.40. The highest BCUT2D eigenvalue weighted by atomic mass is 32.2. The standard InChI is InChI=1S/C11H13FN2S/c1-8-3-2-4-9(10(8)12)7-14-11-13-5-6-15-11/h2-4H,5-7H2,1H3,(H,13,14). The third-order valence-corrected chi connectivity index (χ3v) is 3.22. The van der Waals surface area contributed by atoms with Gasteiger partial charge in [0.05, 0.1) is 6.54 Å². The van der Waals surface area contributed by atoms with Crippen LogP contribution in [0.3, 0.4) is 0 Å². The lowest BCUT2D eigenvalue weighted by atomic mass is 10.1. The second-order valence-electron chi connectivity index (χ2n) is 3.44. The molecule has 0 aliphatic carbocycles. The first-order valence-corrected chi connectivity index (χ1v) is 5.91. The van der Waals surface area contributed by atoms with Gasteiger partial charge in [0.1, 0.15) is 5.82 Å². The van der Waals surface area contributed by atoms with Gasteiger partial charge in [-0.2, -0.15) is 0 Å². The Kier molecular flexibility index (Phi) is 3.26. The fourth-order valence-corrected chi connectivity index (χ4v) is 2.19. The Balaban J connectivity index is 2.01. The van der Waals surface area contributed by atoms with E-state index in [1.165, 1.54) is 0 Å². The molecule has 0 unspecified atom stereocenters. The molecule has 0 aromatic heterocycles. The molecule has 4 heteroatoms. The van der Waals surface area contributed by atoms with E-state index in [2.05, 4.69) is 10.3 Å². The van der Waals surface area contributed by atoms with Crippen molar-refractivity contribution < 1.29 is 4.39 Å². The molecule has 2 nitrogen and oxygen atoms in total. The van der Waals surface area contributed by atoms with E-state index < -0.39 is 0 Å². The minimum atomic E-state index is -0.117. The summed E-state index contributed by atoms with van der Waals surface area (Å²) in [6, 6.07) is 5.45. The Morgan fingerprint density at radius 2 is 2.40 bits per heavy atom. The van der Waals surface area contributed by atoms with E-state index in [0.717, 1.165) is 17.5 Å². The van der Waals surface area contributed by atoms with Crippen LogP contribution in [-0.4, -0.2) is 17.5 Å². The van der Waals surface area contributed by atoms with Crippen molar-refractivity contribution in [3.05, 3.63) is 35.1 Å². The molecule has 0 saturated carbocycles.